The fourth-order valence-corrected chi connectivity index (χ4v) is 2.85. The molecule has 0 aromatic heterocycles. The summed E-state index contributed by atoms with van der Waals surface area (Å²) >= 11 is 11.7. The molecule has 2 rings (SSSR count). The number of halogens is 2. The Morgan fingerprint density at radius 2 is 2.07 bits per heavy atom. The molecule has 0 aliphatic carbocycles. The average Bonchev–Trinajstić information content (AvgIpc) is 2.50. The smallest absolute Gasteiger partial charge is 0.240 e. The van der Waals surface area contributed by atoms with Gasteiger partial charge in [-0.05, 0) is 18.2 Å². The van der Waals surface area contributed by atoms with Crippen molar-refractivity contribution in [3.63, 3.8) is 0 Å². The highest BCUT2D eigenvalue weighted by Gasteiger charge is 2.28. The Hall–Kier alpha value is -0.580. The van der Waals surface area contributed by atoms with Crippen molar-refractivity contribution in [3.05, 3.63) is 28.2 Å². The minimum absolute atomic E-state index is 0.0584. The maximum Gasteiger partial charge on any atom is 0.240 e. The third-order valence-electron chi connectivity index (χ3n) is 2.06. The molecule has 1 aliphatic rings. The average molecular weight is 264 g/mol. The van der Waals surface area contributed by atoms with Crippen LogP contribution in [0.25, 0.3) is 0 Å². The van der Waals surface area contributed by atoms with E-state index in [0.29, 0.717) is 15.7 Å². The minimum atomic E-state index is -1.12. The van der Waals surface area contributed by atoms with E-state index in [0.717, 1.165) is 0 Å². The number of amides is 1. The highest BCUT2D eigenvalue weighted by atomic mass is 35.5. The molecule has 1 aromatic rings. The molecule has 6 heteroatoms. The number of benzene rings is 1. The molecule has 0 saturated carbocycles. The Balaban J connectivity index is 2.41. The molecular weight excluding hydrogens is 257 g/mol. The highest BCUT2D eigenvalue weighted by molar-refractivity contribution is 7.86. The zero-order valence-electron chi connectivity index (χ0n) is 7.57. The molecule has 1 unspecified atom stereocenters. The topological polar surface area (TPSA) is 37.4 Å². The zero-order chi connectivity index (χ0) is 11.0. The molecular formula is C9H7Cl2NO2S. The van der Waals surface area contributed by atoms with Crippen LogP contribution in [-0.4, -0.2) is 21.7 Å². The first-order valence-electron chi connectivity index (χ1n) is 4.18. The molecule has 1 amide bonds. The molecule has 15 heavy (non-hydrogen) atoms. The van der Waals surface area contributed by atoms with Gasteiger partial charge in [-0.1, -0.05) is 23.2 Å². The Kier molecular flexibility index (Phi) is 3.00. The number of hydrogen-bond acceptors (Lipinski definition) is 2. The van der Waals surface area contributed by atoms with Gasteiger partial charge in [-0.3, -0.25) is 13.9 Å². The Morgan fingerprint density at radius 3 is 2.67 bits per heavy atom. The molecule has 0 spiro atoms. The fraction of sp³-hybridized carbons (Fsp3) is 0.222. The summed E-state index contributed by atoms with van der Waals surface area (Å²) in [7, 11) is -1.12. The zero-order valence-corrected chi connectivity index (χ0v) is 9.90. The standard InChI is InChI=1S/C9H7Cl2NO2S/c10-6-1-2-7(11)8(3-6)12-5-15(14)4-9(12)13/h1-3H,4-5H2. The van der Waals surface area contributed by atoms with Gasteiger partial charge in [-0.25, -0.2) is 0 Å². The molecule has 1 aliphatic heterocycles. The Bertz CT molecular complexity index is 450. The summed E-state index contributed by atoms with van der Waals surface area (Å²) in [6, 6.07) is 4.86. The summed E-state index contributed by atoms with van der Waals surface area (Å²) in [6.07, 6.45) is 0. The second-order valence-electron chi connectivity index (χ2n) is 3.13. The van der Waals surface area contributed by atoms with Crippen LogP contribution in [0, 0.1) is 0 Å². The van der Waals surface area contributed by atoms with Crippen molar-refractivity contribution in [2.75, 3.05) is 16.5 Å². The summed E-state index contributed by atoms with van der Waals surface area (Å²) in [4.78, 5) is 12.9. The third-order valence-corrected chi connectivity index (χ3v) is 3.73. The molecule has 1 fully saturated rings. The van der Waals surface area contributed by atoms with E-state index >= 15 is 0 Å². The van der Waals surface area contributed by atoms with Crippen LogP contribution in [0.4, 0.5) is 5.69 Å². The summed E-state index contributed by atoms with van der Waals surface area (Å²) in [5, 5.41) is 0.937. The number of carbonyl (C=O) groups is 1. The number of rotatable bonds is 1. The van der Waals surface area contributed by atoms with E-state index in [1.165, 1.54) is 4.90 Å². The molecule has 1 saturated heterocycles. The van der Waals surface area contributed by atoms with Crippen molar-refractivity contribution in [1.29, 1.82) is 0 Å². The number of hydrogen-bond donors (Lipinski definition) is 0. The van der Waals surface area contributed by atoms with Gasteiger partial charge >= 0.3 is 0 Å². The van der Waals surface area contributed by atoms with Crippen LogP contribution in [0.3, 0.4) is 0 Å². The predicted octanol–water partition coefficient (Wildman–Crippen LogP) is 2.05. The van der Waals surface area contributed by atoms with E-state index in [-0.39, 0.29) is 17.5 Å². The molecule has 0 N–H and O–H groups in total. The van der Waals surface area contributed by atoms with Gasteiger partial charge in [0.15, 0.2) is 0 Å². The molecule has 1 atom stereocenters. The largest absolute Gasteiger partial charge is 0.298 e. The van der Waals surface area contributed by atoms with Gasteiger partial charge in [0, 0.05) is 5.02 Å². The predicted molar refractivity (Wildman–Crippen MR) is 61.8 cm³/mol. The van der Waals surface area contributed by atoms with Crippen LogP contribution >= 0.6 is 23.2 Å². The van der Waals surface area contributed by atoms with Crippen molar-refractivity contribution in [2.24, 2.45) is 0 Å². The van der Waals surface area contributed by atoms with E-state index in [9.17, 15) is 9.00 Å². The van der Waals surface area contributed by atoms with Crippen molar-refractivity contribution in [1.82, 2.24) is 0 Å². The first-order chi connectivity index (χ1) is 7.08. The van der Waals surface area contributed by atoms with Crippen LogP contribution in [0.5, 0.6) is 0 Å². The van der Waals surface area contributed by atoms with Crippen LogP contribution in [0.1, 0.15) is 0 Å². The summed E-state index contributed by atoms with van der Waals surface area (Å²) in [5.74, 6) is 0.0689. The first-order valence-corrected chi connectivity index (χ1v) is 6.43. The van der Waals surface area contributed by atoms with Crippen molar-refractivity contribution < 1.29 is 9.00 Å². The van der Waals surface area contributed by atoms with Gasteiger partial charge in [-0.15, -0.1) is 0 Å². The van der Waals surface area contributed by atoms with E-state index in [4.69, 9.17) is 23.2 Å². The van der Waals surface area contributed by atoms with Crippen LogP contribution in [0.2, 0.25) is 10.0 Å². The van der Waals surface area contributed by atoms with Gasteiger partial charge in [0.05, 0.1) is 21.5 Å². The summed E-state index contributed by atoms with van der Waals surface area (Å²) in [6.45, 7) is 0. The lowest BCUT2D eigenvalue weighted by molar-refractivity contribution is -0.115. The normalized spacial score (nSPS) is 21.1. The van der Waals surface area contributed by atoms with Gasteiger partial charge in [0.1, 0.15) is 11.6 Å². The van der Waals surface area contributed by atoms with Gasteiger partial charge < -0.3 is 0 Å². The lowest BCUT2D eigenvalue weighted by Gasteiger charge is -2.16. The second-order valence-corrected chi connectivity index (χ2v) is 5.40. The van der Waals surface area contributed by atoms with Crippen LogP contribution < -0.4 is 4.90 Å². The van der Waals surface area contributed by atoms with Crippen molar-refractivity contribution in [2.45, 2.75) is 0 Å². The van der Waals surface area contributed by atoms with Gasteiger partial charge in [0.2, 0.25) is 5.91 Å². The highest BCUT2D eigenvalue weighted by Crippen LogP contribution is 2.30. The molecule has 0 radical (unpaired) electrons. The minimum Gasteiger partial charge on any atom is -0.298 e. The van der Waals surface area contributed by atoms with E-state index in [2.05, 4.69) is 0 Å². The van der Waals surface area contributed by atoms with Crippen LogP contribution in [0.15, 0.2) is 18.2 Å². The number of anilines is 1. The second kappa shape index (κ2) is 4.12. The fourth-order valence-electron chi connectivity index (χ4n) is 1.37. The van der Waals surface area contributed by atoms with E-state index < -0.39 is 10.8 Å². The van der Waals surface area contributed by atoms with E-state index in [1.807, 2.05) is 0 Å². The SMILES string of the molecule is O=C1CS(=O)CN1c1cc(Cl)ccc1Cl. The molecule has 3 nitrogen and oxygen atoms in total. The molecule has 0 bridgehead atoms. The number of nitrogens with zero attached hydrogens (tertiary/aromatic N) is 1. The quantitative estimate of drug-likeness (QED) is 0.778. The summed E-state index contributed by atoms with van der Waals surface area (Å²) in [5.41, 5.74) is 0.528. The Labute approximate surface area is 99.4 Å². The van der Waals surface area contributed by atoms with E-state index in [1.54, 1.807) is 18.2 Å². The molecule has 1 aromatic carbocycles. The molecule has 80 valence electrons. The monoisotopic (exact) mass is 263 g/mol. The number of carbonyl (C=O) groups excluding carboxylic acids is 1. The van der Waals surface area contributed by atoms with Gasteiger partial charge in [0.25, 0.3) is 0 Å². The van der Waals surface area contributed by atoms with Crippen molar-refractivity contribution in [3.8, 4) is 0 Å². The Morgan fingerprint density at radius 1 is 1.33 bits per heavy atom. The maximum absolute atomic E-state index is 11.5. The first kappa shape index (κ1) is 10.9. The summed E-state index contributed by atoms with van der Waals surface area (Å²) < 4.78 is 11.2. The van der Waals surface area contributed by atoms with Crippen LogP contribution in [-0.2, 0) is 15.6 Å². The van der Waals surface area contributed by atoms with Crippen molar-refractivity contribution >= 4 is 45.6 Å². The lowest BCUT2D eigenvalue weighted by Crippen LogP contribution is -2.25. The molecule has 1 heterocycles. The lowest BCUT2D eigenvalue weighted by atomic mass is 10.3. The van der Waals surface area contributed by atoms with Gasteiger partial charge in [-0.2, -0.15) is 0 Å². The third kappa shape index (κ3) is 2.17. The maximum atomic E-state index is 11.5.